The van der Waals surface area contributed by atoms with Crippen molar-refractivity contribution in [3.8, 4) is 11.5 Å². The van der Waals surface area contributed by atoms with Crippen LogP contribution in [-0.4, -0.2) is 26.7 Å². The number of methoxy groups -OCH3 is 2. The van der Waals surface area contributed by atoms with E-state index in [2.05, 4.69) is 54.0 Å². The quantitative estimate of drug-likeness (QED) is 0.534. The summed E-state index contributed by atoms with van der Waals surface area (Å²) in [7, 11) is 3.24. The Balaban J connectivity index is 1.71. The molecule has 162 valence electrons. The Morgan fingerprint density at radius 1 is 0.903 bits per heavy atom. The summed E-state index contributed by atoms with van der Waals surface area (Å²) in [5, 5.41) is 6.46. The molecule has 5 nitrogen and oxygen atoms in total. The van der Waals surface area contributed by atoms with Gasteiger partial charge in [-0.1, -0.05) is 60.2 Å². The summed E-state index contributed by atoms with van der Waals surface area (Å²) in [5.74, 6) is 1.34. The van der Waals surface area contributed by atoms with Gasteiger partial charge in [0.1, 0.15) is 11.5 Å². The molecule has 2 atom stereocenters. The zero-order chi connectivity index (χ0) is 22.2. The number of amides is 1. The number of nitrogens with one attached hydrogen (secondary N) is 2. The molecule has 0 radical (unpaired) electrons. The van der Waals surface area contributed by atoms with Crippen molar-refractivity contribution in [2.24, 2.45) is 0 Å². The highest BCUT2D eigenvalue weighted by Gasteiger charge is 2.18. The van der Waals surface area contributed by atoms with E-state index in [9.17, 15) is 4.79 Å². The van der Waals surface area contributed by atoms with Crippen LogP contribution in [0.4, 0.5) is 0 Å². The first kappa shape index (κ1) is 22.4. The van der Waals surface area contributed by atoms with E-state index in [0.717, 1.165) is 22.4 Å². The molecule has 0 aliphatic rings. The Morgan fingerprint density at radius 3 is 2.23 bits per heavy atom. The number of carbonyl (C=O) groups excluding carboxylic acids is 1. The van der Waals surface area contributed by atoms with Crippen LogP contribution < -0.4 is 20.1 Å². The SMILES string of the molecule is COc1ccc(OC)c([C@H](C)NC(=O)CN[C@H](c2ccccc2)c2ccc(C)cc2)c1. The van der Waals surface area contributed by atoms with Gasteiger partial charge >= 0.3 is 0 Å². The predicted octanol–water partition coefficient (Wildman–Crippen LogP) is 4.57. The van der Waals surface area contributed by atoms with E-state index in [4.69, 9.17) is 9.47 Å². The van der Waals surface area contributed by atoms with Gasteiger partial charge in [-0.15, -0.1) is 0 Å². The zero-order valence-corrected chi connectivity index (χ0v) is 18.5. The van der Waals surface area contributed by atoms with Gasteiger partial charge in [0, 0.05) is 5.56 Å². The summed E-state index contributed by atoms with van der Waals surface area (Å²) >= 11 is 0. The summed E-state index contributed by atoms with van der Waals surface area (Å²) in [6.07, 6.45) is 0. The molecule has 3 aromatic carbocycles. The van der Waals surface area contributed by atoms with Crippen molar-refractivity contribution >= 4 is 5.91 Å². The number of hydrogen-bond donors (Lipinski definition) is 2. The van der Waals surface area contributed by atoms with Crippen molar-refractivity contribution < 1.29 is 14.3 Å². The summed E-state index contributed by atoms with van der Waals surface area (Å²) in [4.78, 5) is 12.8. The van der Waals surface area contributed by atoms with Gasteiger partial charge in [-0.05, 0) is 43.2 Å². The molecule has 0 aliphatic carbocycles. The summed E-state index contributed by atoms with van der Waals surface area (Å²) in [6.45, 7) is 4.18. The van der Waals surface area contributed by atoms with Gasteiger partial charge in [0.15, 0.2) is 0 Å². The average molecular weight is 419 g/mol. The standard InChI is InChI=1S/C26H30N2O3/c1-18-10-12-21(13-11-18)26(20-8-6-5-7-9-20)27-17-25(29)28-19(2)23-16-22(30-3)14-15-24(23)31-4/h5-16,19,26-27H,17H2,1-4H3,(H,28,29)/t19-,26+/m0/s1. The lowest BCUT2D eigenvalue weighted by molar-refractivity contribution is -0.121. The largest absolute Gasteiger partial charge is 0.497 e. The summed E-state index contributed by atoms with van der Waals surface area (Å²) in [5.41, 5.74) is 4.30. The fraction of sp³-hybridized carbons (Fsp3) is 0.269. The molecule has 3 aromatic rings. The first-order valence-corrected chi connectivity index (χ1v) is 10.4. The Morgan fingerprint density at radius 2 is 1.58 bits per heavy atom. The topological polar surface area (TPSA) is 59.6 Å². The molecule has 3 rings (SSSR count). The molecule has 0 unspecified atom stereocenters. The Kier molecular flexibility index (Phi) is 7.68. The Labute approximate surface area is 184 Å². The van der Waals surface area contributed by atoms with Crippen LogP contribution in [0.15, 0.2) is 72.8 Å². The van der Waals surface area contributed by atoms with E-state index in [-0.39, 0.29) is 24.5 Å². The lowest BCUT2D eigenvalue weighted by Crippen LogP contribution is -2.37. The number of rotatable bonds is 9. The lowest BCUT2D eigenvalue weighted by atomic mass is 9.98. The second kappa shape index (κ2) is 10.6. The minimum absolute atomic E-state index is 0.0748. The third-order valence-electron chi connectivity index (χ3n) is 5.29. The minimum atomic E-state index is -0.228. The molecule has 0 aromatic heterocycles. The smallest absolute Gasteiger partial charge is 0.234 e. The molecular formula is C26H30N2O3. The third-order valence-corrected chi connectivity index (χ3v) is 5.29. The van der Waals surface area contributed by atoms with Crippen molar-refractivity contribution in [1.82, 2.24) is 10.6 Å². The van der Waals surface area contributed by atoms with E-state index in [1.165, 1.54) is 5.56 Å². The van der Waals surface area contributed by atoms with Crippen LogP contribution in [0.25, 0.3) is 0 Å². The van der Waals surface area contributed by atoms with Crippen molar-refractivity contribution in [2.75, 3.05) is 20.8 Å². The summed E-state index contributed by atoms with van der Waals surface area (Å²) < 4.78 is 10.8. The molecule has 0 aliphatic heterocycles. The molecule has 0 spiro atoms. The van der Waals surface area contributed by atoms with E-state index in [1.54, 1.807) is 14.2 Å². The monoisotopic (exact) mass is 418 g/mol. The minimum Gasteiger partial charge on any atom is -0.497 e. The fourth-order valence-corrected chi connectivity index (χ4v) is 3.58. The first-order valence-electron chi connectivity index (χ1n) is 10.4. The first-order chi connectivity index (χ1) is 15.0. The number of carbonyl (C=O) groups is 1. The van der Waals surface area contributed by atoms with Crippen LogP contribution in [0.2, 0.25) is 0 Å². The maximum Gasteiger partial charge on any atom is 0.234 e. The van der Waals surface area contributed by atoms with Crippen LogP contribution in [0.5, 0.6) is 11.5 Å². The molecule has 5 heteroatoms. The second-order valence-corrected chi connectivity index (χ2v) is 7.53. The molecule has 1 amide bonds. The van der Waals surface area contributed by atoms with Crippen LogP contribution >= 0.6 is 0 Å². The maximum atomic E-state index is 12.8. The van der Waals surface area contributed by atoms with Gasteiger partial charge in [0.2, 0.25) is 5.91 Å². The molecule has 0 bridgehead atoms. The fourth-order valence-electron chi connectivity index (χ4n) is 3.58. The predicted molar refractivity (Wildman–Crippen MR) is 124 cm³/mol. The molecule has 0 saturated heterocycles. The summed E-state index contributed by atoms with van der Waals surface area (Å²) in [6, 6.07) is 23.8. The Bertz CT molecular complexity index is 987. The molecule has 2 N–H and O–H groups in total. The molecule has 0 heterocycles. The van der Waals surface area contributed by atoms with Crippen LogP contribution in [0.3, 0.4) is 0 Å². The number of ether oxygens (including phenoxy) is 2. The third kappa shape index (κ3) is 5.86. The number of hydrogen-bond acceptors (Lipinski definition) is 4. The van der Waals surface area contributed by atoms with Gasteiger partial charge in [-0.25, -0.2) is 0 Å². The van der Waals surface area contributed by atoms with E-state index >= 15 is 0 Å². The highest BCUT2D eigenvalue weighted by atomic mass is 16.5. The van der Waals surface area contributed by atoms with E-state index in [1.807, 2.05) is 43.3 Å². The van der Waals surface area contributed by atoms with Gasteiger partial charge in [0.05, 0.1) is 32.8 Å². The highest BCUT2D eigenvalue weighted by molar-refractivity contribution is 5.78. The van der Waals surface area contributed by atoms with Crippen LogP contribution in [0.1, 0.15) is 41.3 Å². The van der Waals surface area contributed by atoms with Crippen LogP contribution in [-0.2, 0) is 4.79 Å². The van der Waals surface area contributed by atoms with Crippen molar-refractivity contribution in [1.29, 1.82) is 0 Å². The van der Waals surface area contributed by atoms with Gasteiger partial charge in [-0.2, -0.15) is 0 Å². The average Bonchev–Trinajstić information content (AvgIpc) is 2.80. The maximum absolute atomic E-state index is 12.8. The van der Waals surface area contributed by atoms with Gasteiger partial charge in [-0.3, -0.25) is 10.1 Å². The number of benzene rings is 3. The Hall–Kier alpha value is -3.31. The van der Waals surface area contributed by atoms with E-state index in [0.29, 0.717) is 5.75 Å². The molecule has 31 heavy (non-hydrogen) atoms. The molecule has 0 saturated carbocycles. The van der Waals surface area contributed by atoms with Gasteiger partial charge < -0.3 is 14.8 Å². The second-order valence-electron chi connectivity index (χ2n) is 7.53. The van der Waals surface area contributed by atoms with Gasteiger partial charge in [0.25, 0.3) is 0 Å². The molecule has 0 fully saturated rings. The van der Waals surface area contributed by atoms with Crippen molar-refractivity contribution in [2.45, 2.75) is 25.9 Å². The van der Waals surface area contributed by atoms with Crippen LogP contribution in [0, 0.1) is 6.92 Å². The number of aryl methyl sites for hydroxylation is 1. The highest BCUT2D eigenvalue weighted by Crippen LogP contribution is 2.29. The zero-order valence-electron chi connectivity index (χ0n) is 18.5. The van der Waals surface area contributed by atoms with Crippen molar-refractivity contribution in [3.63, 3.8) is 0 Å². The normalized spacial score (nSPS) is 12.6. The molecular weight excluding hydrogens is 388 g/mol. The van der Waals surface area contributed by atoms with Crippen molar-refractivity contribution in [3.05, 3.63) is 95.1 Å². The lowest BCUT2D eigenvalue weighted by Gasteiger charge is -2.22. The van der Waals surface area contributed by atoms with E-state index < -0.39 is 0 Å².